The number of nitrogen functional groups attached to an aromatic ring is 1. The minimum Gasteiger partial charge on any atom is -0.417 e. The van der Waals surface area contributed by atoms with E-state index in [1.807, 2.05) is 6.07 Å². The highest BCUT2D eigenvalue weighted by atomic mass is 19.1. The third-order valence-corrected chi connectivity index (χ3v) is 6.77. The van der Waals surface area contributed by atoms with E-state index in [-0.39, 0.29) is 23.0 Å². The molecule has 12 heteroatoms. The molecule has 0 saturated heterocycles. The number of nitrogens with one attached hydrogen (secondary N) is 1. The van der Waals surface area contributed by atoms with E-state index in [9.17, 15) is 23.2 Å². The van der Waals surface area contributed by atoms with Crippen LogP contribution in [0.2, 0.25) is 0 Å². The van der Waals surface area contributed by atoms with Gasteiger partial charge in [-0.2, -0.15) is 0 Å². The molecule has 2 heterocycles. The van der Waals surface area contributed by atoms with Gasteiger partial charge in [0, 0.05) is 17.2 Å². The van der Waals surface area contributed by atoms with Gasteiger partial charge in [-0.3, -0.25) is 19.0 Å². The predicted octanol–water partition coefficient (Wildman–Crippen LogP) is 3.81. The van der Waals surface area contributed by atoms with E-state index in [2.05, 4.69) is 20.5 Å². The number of rotatable bonds is 9. The molecule has 0 aliphatic carbocycles. The summed E-state index contributed by atoms with van der Waals surface area (Å²) in [6, 6.07) is 10.9. The van der Waals surface area contributed by atoms with Gasteiger partial charge in [0.05, 0.1) is 17.2 Å². The fourth-order valence-corrected chi connectivity index (χ4v) is 4.35. The predicted molar refractivity (Wildman–Crippen MR) is 147 cm³/mol. The van der Waals surface area contributed by atoms with Crippen molar-refractivity contribution in [1.29, 1.82) is 0 Å². The average Bonchev–Trinajstić information content (AvgIpc) is 3.43. The third kappa shape index (κ3) is 5.91. The molecule has 4 rings (SSSR count). The van der Waals surface area contributed by atoms with Gasteiger partial charge in [-0.25, -0.2) is 13.8 Å². The number of ketones is 1. The summed E-state index contributed by atoms with van der Waals surface area (Å²) in [5.74, 6) is -3.46. The van der Waals surface area contributed by atoms with Crippen LogP contribution in [0.25, 0.3) is 11.4 Å². The lowest BCUT2D eigenvalue weighted by molar-refractivity contribution is -0.122. The Hall–Kier alpha value is -4.74. The SMILES string of the molecule is Cc1nc(-c2ccccc2)n(CC(=O)N[C@H](C(=O)c2nnc(C(C)(C)c3ccc(F)cc3F)o2)C(C)C)c(=O)c1N. The summed E-state index contributed by atoms with van der Waals surface area (Å²) >= 11 is 0. The number of amides is 1. The molecule has 0 unspecified atom stereocenters. The van der Waals surface area contributed by atoms with Gasteiger partial charge >= 0.3 is 0 Å². The Kier molecular flexibility index (Phi) is 8.13. The zero-order valence-corrected chi connectivity index (χ0v) is 23.2. The van der Waals surface area contributed by atoms with Crippen molar-refractivity contribution in [2.45, 2.75) is 52.6 Å². The van der Waals surface area contributed by atoms with Crippen molar-refractivity contribution in [1.82, 2.24) is 25.1 Å². The zero-order chi connectivity index (χ0) is 30.1. The average molecular weight is 565 g/mol. The van der Waals surface area contributed by atoms with E-state index in [0.29, 0.717) is 11.3 Å². The van der Waals surface area contributed by atoms with Crippen molar-refractivity contribution in [2.24, 2.45) is 5.92 Å². The maximum absolute atomic E-state index is 14.5. The second-order valence-electron chi connectivity index (χ2n) is 10.5. The molecule has 3 N–H and O–H groups in total. The second kappa shape index (κ2) is 11.4. The molecule has 214 valence electrons. The number of carbonyl (C=O) groups excluding carboxylic acids is 2. The van der Waals surface area contributed by atoms with Crippen LogP contribution in [0.1, 0.15) is 55.5 Å². The number of hydrogen-bond acceptors (Lipinski definition) is 8. The number of halogens is 2. The Morgan fingerprint density at radius 1 is 1.10 bits per heavy atom. The highest BCUT2D eigenvalue weighted by Crippen LogP contribution is 2.33. The highest BCUT2D eigenvalue weighted by Gasteiger charge is 2.35. The monoisotopic (exact) mass is 564 g/mol. The Morgan fingerprint density at radius 2 is 1.78 bits per heavy atom. The number of carbonyl (C=O) groups is 2. The first-order valence-electron chi connectivity index (χ1n) is 12.9. The molecule has 0 radical (unpaired) electrons. The summed E-state index contributed by atoms with van der Waals surface area (Å²) in [6.45, 7) is 7.76. The molecular formula is C29H30F2N6O4. The van der Waals surface area contributed by atoms with Crippen molar-refractivity contribution < 1.29 is 22.8 Å². The molecule has 2 aromatic carbocycles. The van der Waals surface area contributed by atoms with Gasteiger partial charge in [0.25, 0.3) is 11.4 Å². The first-order chi connectivity index (χ1) is 19.3. The Labute approximate surface area is 234 Å². The Morgan fingerprint density at radius 3 is 2.41 bits per heavy atom. The number of anilines is 1. The van der Waals surface area contributed by atoms with Crippen LogP contribution in [0.4, 0.5) is 14.5 Å². The molecule has 10 nitrogen and oxygen atoms in total. The van der Waals surface area contributed by atoms with Crippen LogP contribution in [0.15, 0.2) is 57.7 Å². The first kappa shape index (κ1) is 29.2. The molecular weight excluding hydrogens is 534 g/mol. The van der Waals surface area contributed by atoms with E-state index < -0.39 is 58.7 Å². The van der Waals surface area contributed by atoms with Crippen molar-refractivity contribution in [3.05, 3.63) is 93.6 Å². The number of nitrogens with zero attached hydrogens (tertiary/aromatic N) is 4. The molecule has 1 atom stereocenters. The summed E-state index contributed by atoms with van der Waals surface area (Å²) in [5.41, 5.74) is 5.09. The van der Waals surface area contributed by atoms with E-state index >= 15 is 0 Å². The van der Waals surface area contributed by atoms with Gasteiger partial charge in [-0.15, -0.1) is 10.2 Å². The van der Waals surface area contributed by atoms with Crippen LogP contribution in [0.3, 0.4) is 0 Å². The standard InChI is InChI=1S/C29H30F2N6O4/c1-15(2)23(24(39)26-35-36-28(41-26)29(4,5)19-12-11-18(30)13-20(19)31)34-21(38)14-37-25(17-9-7-6-8-10-17)33-16(3)22(32)27(37)40/h6-13,15,23H,14,32H2,1-5H3,(H,34,38)/t23-/m0/s1. The number of Topliss-reactive ketones (excluding diaryl/α,β-unsaturated/α-hetero) is 1. The van der Waals surface area contributed by atoms with Gasteiger partial charge in [0.2, 0.25) is 17.6 Å². The second-order valence-corrected chi connectivity index (χ2v) is 10.5. The van der Waals surface area contributed by atoms with E-state index in [1.165, 1.54) is 6.07 Å². The normalized spacial score (nSPS) is 12.4. The van der Waals surface area contributed by atoms with Crippen molar-refractivity contribution >= 4 is 17.4 Å². The molecule has 41 heavy (non-hydrogen) atoms. The van der Waals surface area contributed by atoms with Gasteiger partial charge in [0.1, 0.15) is 29.7 Å². The quantitative estimate of drug-likeness (QED) is 0.292. The molecule has 0 fully saturated rings. The van der Waals surface area contributed by atoms with Crippen molar-refractivity contribution in [3.8, 4) is 11.4 Å². The Balaban J connectivity index is 1.59. The molecule has 0 saturated carbocycles. The van der Waals surface area contributed by atoms with Gasteiger partial charge in [-0.05, 0) is 32.8 Å². The fourth-order valence-electron chi connectivity index (χ4n) is 4.35. The molecule has 1 amide bonds. The Bertz CT molecular complexity index is 1660. The molecule has 4 aromatic rings. The molecule has 0 aliphatic rings. The van der Waals surface area contributed by atoms with Gasteiger partial charge in [-0.1, -0.05) is 50.2 Å². The van der Waals surface area contributed by atoms with Crippen LogP contribution >= 0.6 is 0 Å². The number of aromatic nitrogens is 4. The smallest absolute Gasteiger partial charge is 0.286 e. The van der Waals surface area contributed by atoms with Gasteiger partial charge in [0.15, 0.2) is 0 Å². The van der Waals surface area contributed by atoms with Crippen LogP contribution in [-0.4, -0.2) is 37.5 Å². The summed E-state index contributed by atoms with van der Waals surface area (Å²) in [6.07, 6.45) is 0. The molecule has 2 aromatic heterocycles. The fraction of sp³-hybridized carbons (Fsp3) is 0.310. The van der Waals surface area contributed by atoms with Crippen LogP contribution in [-0.2, 0) is 16.8 Å². The lowest BCUT2D eigenvalue weighted by Gasteiger charge is -2.22. The molecule has 0 aliphatic heterocycles. The lowest BCUT2D eigenvalue weighted by Crippen LogP contribution is -2.46. The van der Waals surface area contributed by atoms with Crippen molar-refractivity contribution in [3.63, 3.8) is 0 Å². The zero-order valence-electron chi connectivity index (χ0n) is 23.2. The number of aryl methyl sites for hydroxylation is 1. The largest absolute Gasteiger partial charge is 0.417 e. The summed E-state index contributed by atoms with van der Waals surface area (Å²) < 4.78 is 34.7. The van der Waals surface area contributed by atoms with E-state index in [4.69, 9.17) is 10.2 Å². The van der Waals surface area contributed by atoms with Gasteiger partial charge < -0.3 is 15.5 Å². The maximum Gasteiger partial charge on any atom is 0.286 e. The number of benzene rings is 2. The molecule has 0 spiro atoms. The summed E-state index contributed by atoms with van der Waals surface area (Å²) in [7, 11) is 0. The molecule has 0 bridgehead atoms. The topological polar surface area (TPSA) is 146 Å². The minimum atomic E-state index is -1.19. The van der Waals surface area contributed by atoms with E-state index in [0.717, 1.165) is 16.7 Å². The van der Waals surface area contributed by atoms with Crippen LogP contribution < -0.4 is 16.6 Å². The first-order valence-corrected chi connectivity index (χ1v) is 12.9. The maximum atomic E-state index is 14.5. The minimum absolute atomic E-state index is 0.0690. The summed E-state index contributed by atoms with van der Waals surface area (Å²) in [5, 5.41) is 10.4. The number of hydrogen-bond donors (Lipinski definition) is 2. The third-order valence-electron chi connectivity index (χ3n) is 6.77. The summed E-state index contributed by atoms with van der Waals surface area (Å²) in [4.78, 5) is 44.0. The lowest BCUT2D eigenvalue weighted by atomic mass is 9.84. The highest BCUT2D eigenvalue weighted by molar-refractivity contribution is 5.98. The van der Waals surface area contributed by atoms with Crippen LogP contribution in [0.5, 0.6) is 0 Å². The number of nitrogens with two attached hydrogens (primary N) is 1. The van der Waals surface area contributed by atoms with Crippen molar-refractivity contribution in [2.75, 3.05) is 5.73 Å². The van der Waals surface area contributed by atoms with Crippen LogP contribution in [0, 0.1) is 24.5 Å². The van der Waals surface area contributed by atoms with E-state index in [1.54, 1.807) is 58.9 Å².